The third kappa shape index (κ3) is 1.84. The highest BCUT2D eigenvalue weighted by atomic mass is 16.5. The zero-order valence-corrected chi connectivity index (χ0v) is 7.33. The Labute approximate surface area is 72.2 Å². The van der Waals surface area contributed by atoms with E-state index < -0.39 is 0 Å². The van der Waals surface area contributed by atoms with E-state index in [-0.39, 0.29) is 0 Å². The summed E-state index contributed by atoms with van der Waals surface area (Å²) in [5.41, 5.74) is 2.08. The minimum absolute atomic E-state index is 0.420. The van der Waals surface area contributed by atoms with E-state index in [1.807, 2.05) is 25.1 Å². The smallest absolute Gasteiger partial charge is 0.124 e. The molecule has 0 amide bonds. The average Bonchev–Trinajstić information content (AvgIpc) is 2.08. The molecule has 0 N–H and O–H groups in total. The van der Waals surface area contributed by atoms with Gasteiger partial charge in [-0.15, -0.1) is 0 Å². The van der Waals surface area contributed by atoms with Gasteiger partial charge in [0.15, 0.2) is 0 Å². The summed E-state index contributed by atoms with van der Waals surface area (Å²) in [4.78, 5) is 10.3. The SMILES string of the molecule is COc1cc(C)ccc1CC=O. The minimum atomic E-state index is 0.420. The van der Waals surface area contributed by atoms with E-state index in [1.54, 1.807) is 7.11 Å². The van der Waals surface area contributed by atoms with Crippen molar-refractivity contribution in [3.8, 4) is 5.75 Å². The molecule has 0 saturated heterocycles. The van der Waals surface area contributed by atoms with Crippen molar-refractivity contribution in [1.29, 1.82) is 0 Å². The van der Waals surface area contributed by atoms with E-state index in [1.165, 1.54) is 0 Å². The Morgan fingerprint density at radius 2 is 2.25 bits per heavy atom. The monoisotopic (exact) mass is 164 g/mol. The zero-order chi connectivity index (χ0) is 8.97. The molecule has 0 fully saturated rings. The third-order valence-electron chi connectivity index (χ3n) is 1.75. The number of ether oxygens (including phenoxy) is 1. The number of methoxy groups -OCH3 is 1. The summed E-state index contributed by atoms with van der Waals surface area (Å²) in [5.74, 6) is 0.794. The second-order valence-corrected chi connectivity index (χ2v) is 2.69. The molecule has 0 saturated carbocycles. The van der Waals surface area contributed by atoms with Gasteiger partial charge in [0.05, 0.1) is 7.11 Å². The van der Waals surface area contributed by atoms with Crippen LogP contribution in [0.5, 0.6) is 5.75 Å². The van der Waals surface area contributed by atoms with Crippen LogP contribution in [0.2, 0.25) is 0 Å². The molecule has 1 rings (SSSR count). The van der Waals surface area contributed by atoms with E-state index in [2.05, 4.69) is 0 Å². The lowest BCUT2D eigenvalue weighted by molar-refractivity contribution is -0.107. The molecule has 0 atom stereocenters. The quantitative estimate of drug-likeness (QED) is 0.636. The molecule has 0 aromatic heterocycles. The van der Waals surface area contributed by atoms with Gasteiger partial charge >= 0.3 is 0 Å². The Kier molecular flexibility index (Phi) is 2.86. The van der Waals surface area contributed by atoms with Crippen LogP contribution in [0.25, 0.3) is 0 Å². The first-order valence-electron chi connectivity index (χ1n) is 3.85. The van der Waals surface area contributed by atoms with E-state index in [0.29, 0.717) is 6.42 Å². The van der Waals surface area contributed by atoms with Crippen molar-refractivity contribution in [1.82, 2.24) is 0 Å². The molecule has 12 heavy (non-hydrogen) atoms. The highest BCUT2D eigenvalue weighted by Crippen LogP contribution is 2.19. The van der Waals surface area contributed by atoms with Gasteiger partial charge in [0.2, 0.25) is 0 Å². The Hall–Kier alpha value is -1.31. The van der Waals surface area contributed by atoms with Gasteiger partial charge in [0, 0.05) is 12.0 Å². The topological polar surface area (TPSA) is 26.3 Å². The predicted molar refractivity (Wildman–Crippen MR) is 47.5 cm³/mol. The lowest BCUT2D eigenvalue weighted by Crippen LogP contribution is -1.93. The molecule has 0 aliphatic rings. The number of aldehydes is 1. The first-order chi connectivity index (χ1) is 5.77. The molecular formula is C10H12O2. The predicted octanol–water partition coefficient (Wildman–Crippen LogP) is 1.75. The number of hydrogen-bond acceptors (Lipinski definition) is 2. The standard InChI is InChI=1S/C10H12O2/c1-8-3-4-9(5-6-11)10(7-8)12-2/h3-4,6-7H,5H2,1-2H3. The maximum Gasteiger partial charge on any atom is 0.124 e. The Morgan fingerprint density at radius 1 is 1.50 bits per heavy atom. The third-order valence-corrected chi connectivity index (χ3v) is 1.75. The number of hydrogen-bond donors (Lipinski definition) is 0. The lowest BCUT2D eigenvalue weighted by atomic mass is 10.1. The Bertz CT molecular complexity index is 279. The summed E-state index contributed by atoms with van der Waals surface area (Å²) in [7, 11) is 1.61. The van der Waals surface area contributed by atoms with Crippen LogP contribution in [0.4, 0.5) is 0 Å². The van der Waals surface area contributed by atoms with Gasteiger partial charge in [-0.05, 0) is 18.6 Å². The molecule has 0 heterocycles. The molecule has 1 aromatic rings. The molecule has 0 bridgehead atoms. The first kappa shape index (κ1) is 8.78. The molecule has 0 aliphatic heterocycles. The van der Waals surface area contributed by atoms with Crippen molar-refractivity contribution < 1.29 is 9.53 Å². The van der Waals surface area contributed by atoms with Crippen LogP contribution in [-0.2, 0) is 11.2 Å². The number of carbonyl (C=O) groups is 1. The van der Waals surface area contributed by atoms with Crippen LogP contribution in [0, 0.1) is 6.92 Å². The molecule has 2 heteroatoms. The van der Waals surface area contributed by atoms with Crippen molar-refractivity contribution in [2.75, 3.05) is 7.11 Å². The van der Waals surface area contributed by atoms with Crippen LogP contribution in [0.1, 0.15) is 11.1 Å². The number of aryl methyl sites for hydroxylation is 1. The van der Waals surface area contributed by atoms with Gasteiger partial charge in [-0.25, -0.2) is 0 Å². The summed E-state index contributed by atoms with van der Waals surface area (Å²) in [6, 6.07) is 5.82. The van der Waals surface area contributed by atoms with Crippen molar-refractivity contribution >= 4 is 6.29 Å². The fourth-order valence-corrected chi connectivity index (χ4v) is 1.11. The number of carbonyl (C=O) groups excluding carboxylic acids is 1. The Balaban J connectivity index is 3.01. The molecule has 0 radical (unpaired) electrons. The fraction of sp³-hybridized carbons (Fsp3) is 0.300. The largest absolute Gasteiger partial charge is 0.496 e. The van der Waals surface area contributed by atoms with Crippen LogP contribution in [0.15, 0.2) is 18.2 Å². The zero-order valence-electron chi connectivity index (χ0n) is 7.33. The summed E-state index contributed by atoms with van der Waals surface area (Å²) in [6.45, 7) is 1.99. The average molecular weight is 164 g/mol. The second-order valence-electron chi connectivity index (χ2n) is 2.69. The molecule has 0 unspecified atom stereocenters. The van der Waals surface area contributed by atoms with E-state index >= 15 is 0 Å². The molecule has 1 aromatic carbocycles. The molecule has 2 nitrogen and oxygen atoms in total. The molecular weight excluding hydrogens is 152 g/mol. The van der Waals surface area contributed by atoms with Crippen LogP contribution in [-0.4, -0.2) is 13.4 Å². The van der Waals surface area contributed by atoms with Gasteiger partial charge in [-0.1, -0.05) is 12.1 Å². The number of benzene rings is 1. The maximum atomic E-state index is 10.3. The molecule has 64 valence electrons. The summed E-state index contributed by atoms with van der Waals surface area (Å²) >= 11 is 0. The van der Waals surface area contributed by atoms with E-state index in [0.717, 1.165) is 23.2 Å². The first-order valence-corrected chi connectivity index (χ1v) is 3.85. The summed E-state index contributed by atoms with van der Waals surface area (Å²) in [5, 5.41) is 0. The lowest BCUT2D eigenvalue weighted by Gasteiger charge is -2.05. The van der Waals surface area contributed by atoms with Gasteiger partial charge in [0.1, 0.15) is 12.0 Å². The normalized spacial score (nSPS) is 9.50. The minimum Gasteiger partial charge on any atom is -0.496 e. The van der Waals surface area contributed by atoms with Crippen LogP contribution in [0.3, 0.4) is 0 Å². The number of rotatable bonds is 3. The van der Waals surface area contributed by atoms with Gasteiger partial charge in [-0.2, -0.15) is 0 Å². The fourth-order valence-electron chi connectivity index (χ4n) is 1.11. The van der Waals surface area contributed by atoms with Crippen molar-refractivity contribution in [3.05, 3.63) is 29.3 Å². The van der Waals surface area contributed by atoms with Gasteiger partial charge in [-0.3, -0.25) is 0 Å². The van der Waals surface area contributed by atoms with Crippen LogP contribution >= 0.6 is 0 Å². The summed E-state index contributed by atoms with van der Waals surface area (Å²) < 4.78 is 5.12. The highest BCUT2D eigenvalue weighted by molar-refractivity contribution is 5.57. The van der Waals surface area contributed by atoms with Gasteiger partial charge in [0.25, 0.3) is 0 Å². The van der Waals surface area contributed by atoms with Crippen molar-refractivity contribution in [3.63, 3.8) is 0 Å². The van der Waals surface area contributed by atoms with Gasteiger partial charge < -0.3 is 9.53 Å². The van der Waals surface area contributed by atoms with Crippen LogP contribution < -0.4 is 4.74 Å². The summed E-state index contributed by atoms with van der Waals surface area (Å²) in [6.07, 6.45) is 1.30. The second kappa shape index (κ2) is 3.90. The molecule has 0 spiro atoms. The Morgan fingerprint density at radius 3 is 2.83 bits per heavy atom. The van der Waals surface area contributed by atoms with Crippen molar-refractivity contribution in [2.45, 2.75) is 13.3 Å². The molecule has 0 aliphatic carbocycles. The maximum absolute atomic E-state index is 10.3. The van der Waals surface area contributed by atoms with E-state index in [4.69, 9.17) is 4.74 Å². The van der Waals surface area contributed by atoms with E-state index in [9.17, 15) is 4.79 Å². The van der Waals surface area contributed by atoms with Crippen molar-refractivity contribution in [2.24, 2.45) is 0 Å². The highest BCUT2D eigenvalue weighted by Gasteiger charge is 2.00.